The molecule has 8 nitrogen and oxygen atoms in total. The number of hydrogen-bond donors (Lipinski definition) is 3. The van der Waals surface area contributed by atoms with E-state index in [9.17, 15) is 14.4 Å². The van der Waals surface area contributed by atoms with Crippen LogP contribution in [0.25, 0.3) is 0 Å². The van der Waals surface area contributed by atoms with E-state index in [1.807, 2.05) is 30.3 Å². The Hall–Kier alpha value is -4.46. The third-order valence-electron chi connectivity index (χ3n) is 4.10. The normalized spacial score (nSPS) is 10.5. The molecule has 3 aromatic carbocycles. The highest BCUT2D eigenvalue weighted by molar-refractivity contribution is 6.39. The van der Waals surface area contributed by atoms with Crippen molar-refractivity contribution in [2.24, 2.45) is 5.10 Å². The van der Waals surface area contributed by atoms with Crippen molar-refractivity contribution in [1.82, 2.24) is 5.43 Å². The molecule has 0 unspecified atom stereocenters. The fourth-order valence-electron chi connectivity index (χ4n) is 2.49. The van der Waals surface area contributed by atoms with Gasteiger partial charge in [-0.1, -0.05) is 42.5 Å². The minimum atomic E-state index is -1.04. The first kappa shape index (κ1) is 21.3. The Bertz CT molecular complexity index is 1080. The predicted octanol–water partition coefficient (Wildman–Crippen LogP) is 3.05. The van der Waals surface area contributed by atoms with Crippen molar-refractivity contribution in [2.45, 2.75) is 6.61 Å². The quantitative estimate of drug-likeness (QED) is 0.310. The Balaban J connectivity index is 1.46. The van der Waals surface area contributed by atoms with Crippen LogP contribution in [0.2, 0.25) is 0 Å². The van der Waals surface area contributed by atoms with Gasteiger partial charge in [-0.25, -0.2) is 10.2 Å². The average Bonchev–Trinajstić information content (AvgIpc) is 2.79. The second-order valence-corrected chi connectivity index (χ2v) is 6.38. The van der Waals surface area contributed by atoms with Crippen molar-refractivity contribution in [3.63, 3.8) is 0 Å². The van der Waals surface area contributed by atoms with Crippen LogP contribution in [-0.4, -0.2) is 29.1 Å². The van der Waals surface area contributed by atoms with Gasteiger partial charge in [-0.3, -0.25) is 9.59 Å². The Kier molecular flexibility index (Phi) is 7.10. The van der Waals surface area contributed by atoms with Crippen LogP contribution in [-0.2, 0) is 16.2 Å². The maximum atomic E-state index is 12.0. The number of nitrogens with zero attached hydrogens (tertiary/aromatic N) is 1. The first-order valence-electron chi connectivity index (χ1n) is 9.26. The Morgan fingerprint density at radius 2 is 1.55 bits per heavy atom. The summed E-state index contributed by atoms with van der Waals surface area (Å²) in [6.07, 6.45) is 1.30. The first-order valence-corrected chi connectivity index (χ1v) is 9.26. The zero-order valence-electron chi connectivity index (χ0n) is 16.3. The van der Waals surface area contributed by atoms with Gasteiger partial charge in [0.05, 0.1) is 11.8 Å². The lowest BCUT2D eigenvalue weighted by atomic mass is 10.1. The number of benzene rings is 3. The van der Waals surface area contributed by atoms with E-state index in [0.717, 1.165) is 5.56 Å². The molecule has 0 aromatic heterocycles. The second-order valence-electron chi connectivity index (χ2n) is 6.38. The van der Waals surface area contributed by atoms with Gasteiger partial charge in [0.15, 0.2) is 0 Å². The van der Waals surface area contributed by atoms with Crippen molar-refractivity contribution in [2.75, 3.05) is 5.32 Å². The lowest BCUT2D eigenvalue weighted by Crippen LogP contribution is -2.32. The van der Waals surface area contributed by atoms with Gasteiger partial charge >= 0.3 is 17.8 Å². The summed E-state index contributed by atoms with van der Waals surface area (Å²) < 4.78 is 5.67. The number of hydrogen-bond acceptors (Lipinski definition) is 5. The van der Waals surface area contributed by atoms with Gasteiger partial charge in [-0.05, 0) is 47.5 Å². The monoisotopic (exact) mass is 417 g/mol. The van der Waals surface area contributed by atoms with E-state index in [2.05, 4.69) is 15.8 Å². The van der Waals surface area contributed by atoms with Crippen LogP contribution in [0, 0.1) is 0 Å². The lowest BCUT2D eigenvalue weighted by Gasteiger charge is -2.08. The molecule has 0 radical (unpaired) electrons. The largest absolute Gasteiger partial charge is 0.489 e. The minimum Gasteiger partial charge on any atom is -0.489 e. The summed E-state index contributed by atoms with van der Waals surface area (Å²) >= 11 is 0. The van der Waals surface area contributed by atoms with E-state index in [1.54, 1.807) is 24.3 Å². The minimum absolute atomic E-state index is 0.136. The number of rotatable bonds is 7. The number of carboxylic acids is 1. The second kappa shape index (κ2) is 10.4. The number of nitrogens with one attached hydrogen (secondary N) is 2. The molecule has 0 fully saturated rings. The van der Waals surface area contributed by atoms with Gasteiger partial charge in [-0.15, -0.1) is 0 Å². The Morgan fingerprint density at radius 3 is 2.19 bits per heavy atom. The van der Waals surface area contributed by atoms with E-state index in [0.29, 0.717) is 23.6 Å². The molecule has 3 aromatic rings. The molecular weight excluding hydrogens is 398 g/mol. The average molecular weight is 417 g/mol. The first-order chi connectivity index (χ1) is 15.0. The standard InChI is InChI=1S/C23H19N3O5/c27-21(22(28)26-24-14-16-6-8-18(9-7-16)23(29)30)25-19-10-12-20(13-11-19)31-15-17-4-2-1-3-5-17/h1-14H,15H2,(H,25,27)(H,26,28)(H,29,30)/b24-14+. The number of hydrazone groups is 1. The molecule has 0 aliphatic heterocycles. The number of aromatic carboxylic acids is 1. The predicted molar refractivity (Wildman–Crippen MR) is 115 cm³/mol. The molecule has 0 saturated heterocycles. The molecule has 3 N–H and O–H groups in total. The van der Waals surface area contributed by atoms with Crippen molar-refractivity contribution in [3.05, 3.63) is 95.6 Å². The summed E-state index contributed by atoms with van der Waals surface area (Å²) in [5.41, 5.74) is 4.29. The fraction of sp³-hybridized carbons (Fsp3) is 0.0435. The number of carbonyl (C=O) groups is 3. The molecule has 0 spiro atoms. The SMILES string of the molecule is O=C(N/N=C/c1ccc(C(=O)O)cc1)C(=O)Nc1ccc(OCc2ccccc2)cc1. The third-order valence-corrected chi connectivity index (χ3v) is 4.10. The van der Waals surface area contributed by atoms with Crippen molar-refractivity contribution >= 4 is 29.7 Å². The molecule has 3 rings (SSSR count). The van der Waals surface area contributed by atoms with Gasteiger partial charge in [0.1, 0.15) is 12.4 Å². The smallest absolute Gasteiger partial charge is 0.335 e. The van der Waals surface area contributed by atoms with Gasteiger partial charge in [0.25, 0.3) is 0 Å². The molecule has 0 aliphatic carbocycles. The molecule has 31 heavy (non-hydrogen) atoms. The van der Waals surface area contributed by atoms with Crippen LogP contribution in [0.4, 0.5) is 5.69 Å². The summed E-state index contributed by atoms with van der Waals surface area (Å²) in [5, 5.41) is 15.0. The highest BCUT2D eigenvalue weighted by Crippen LogP contribution is 2.17. The summed E-state index contributed by atoms with van der Waals surface area (Å²) in [7, 11) is 0. The zero-order valence-corrected chi connectivity index (χ0v) is 16.3. The van der Waals surface area contributed by atoms with Gasteiger partial charge in [0.2, 0.25) is 0 Å². The van der Waals surface area contributed by atoms with Crippen molar-refractivity contribution in [1.29, 1.82) is 0 Å². The van der Waals surface area contributed by atoms with E-state index in [-0.39, 0.29) is 5.56 Å². The van der Waals surface area contributed by atoms with Gasteiger partial charge in [-0.2, -0.15) is 5.10 Å². The van der Waals surface area contributed by atoms with Crippen LogP contribution in [0.1, 0.15) is 21.5 Å². The van der Waals surface area contributed by atoms with Crippen LogP contribution < -0.4 is 15.5 Å². The highest BCUT2D eigenvalue weighted by Gasteiger charge is 2.12. The molecule has 0 atom stereocenters. The molecular formula is C23H19N3O5. The maximum Gasteiger partial charge on any atom is 0.335 e. The highest BCUT2D eigenvalue weighted by atomic mass is 16.5. The summed E-state index contributed by atoms with van der Waals surface area (Å²) in [6, 6.07) is 22.2. The lowest BCUT2D eigenvalue weighted by molar-refractivity contribution is -0.136. The summed E-state index contributed by atoms with van der Waals surface area (Å²) in [5.74, 6) is -2.23. The molecule has 156 valence electrons. The number of carboxylic acid groups (broad SMARTS) is 1. The topological polar surface area (TPSA) is 117 Å². The van der Waals surface area contributed by atoms with Gasteiger partial charge in [0, 0.05) is 5.69 Å². The van der Waals surface area contributed by atoms with E-state index >= 15 is 0 Å². The van der Waals surface area contributed by atoms with Crippen molar-refractivity contribution < 1.29 is 24.2 Å². The number of carbonyl (C=O) groups excluding carboxylic acids is 2. The molecule has 8 heteroatoms. The maximum absolute atomic E-state index is 12.0. The van der Waals surface area contributed by atoms with E-state index < -0.39 is 17.8 Å². The Labute approximate surface area is 178 Å². The summed E-state index contributed by atoms with van der Waals surface area (Å²) in [6.45, 7) is 0.423. The zero-order chi connectivity index (χ0) is 22.1. The number of ether oxygens (including phenoxy) is 1. The molecule has 0 heterocycles. The molecule has 0 saturated carbocycles. The molecule has 0 bridgehead atoms. The van der Waals surface area contributed by atoms with Gasteiger partial charge < -0.3 is 15.2 Å². The van der Waals surface area contributed by atoms with Crippen LogP contribution in [0.15, 0.2) is 84.0 Å². The number of amides is 2. The van der Waals surface area contributed by atoms with E-state index in [4.69, 9.17) is 9.84 Å². The summed E-state index contributed by atoms with van der Waals surface area (Å²) in [4.78, 5) is 34.7. The van der Waals surface area contributed by atoms with Crippen molar-refractivity contribution in [3.8, 4) is 5.75 Å². The van der Waals surface area contributed by atoms with Crippen LogP contribution in [0.3, 0.4) is 0 Å². The molecule has 2 amide bonds. The van der Waals surface area contributed by atoms with E-state index in [1.165, 1.54) is 30.5 Å². The fourth-order valence-corrected chi connectivity index (χ4v) is 2.49. The third kappa shape index (κ3) is 6.53. The van der Waals surface area contributed by atoms with Crippen LogP contribution >= 0.6 is 0 Å². The Morgan fingerprint density at radius 1 is 0.871 bits per heavy atom. The number of anilines is 1. The van der Waals surface area contributed by atoms with Crippen LogP contribution in [0.5, 0.6) is 5.75 Å². The molecule has 0 aliphatic rings.